The SMILES string of the molecule is CCOc1cc(/C=N/NC(=O)CNC(=O)c2ccccc2Br)ccc1OC(=O)c1ccccc1. The Morgan fingerprint density at radius 1 is 0.971 bits per heavy atom. The molecule has 0 radical (unpaired) electrons. The van der Waals surface area contributed by atoms with Gasteiger partial charge in [0.1, 0.15) is 0 Å². The number of halogens is 1. The minimum atomic E-state index is -0.500. The molecule has 3 rings (SSSR count). The van der Waals surface area contributed by atoms with E-state index in [1.54, 1.807) is 66.7 Å². The van der Waals surface area contributed by atoms with Gasteiger partial charge in [-0.05, 0) is 70.9 Å². The molecule has 9 heteroatoms. The van der Waals surface area contributed by atoms with Crippen LogP contribution >= 0.6 is 15.9 Å². The minimum absolute atomic E-state index is 0.240. The molecule has 0 unspecified atom stereocenters. The Hall–Kier alpha value is -3.98. The van der Waals surface area contributed by atoms with Gasteiger partial charge < -0.3 is 14.8 Å². The number of rotatable bonds is 9. The second-order valence-corrected chi connectivity index (χ2v) is 7.70. The van der Waals surface area contributed by atoms with E-state index in [1.165, 1.54) is 6.21 Å². The topological polar surface area (TPSA) is 106 Å². The quantitative estimate of drug-likeness (QED) is 0.191. The van der Waals surface area contributed by atoms with Crippen molar-refractivity contribution >= 4 is 39.9 Å². The maximum absolute atomic E-state index is 12.3. The van der Waals surface area contributed by atoms with Crippen LogP contribution in [-0.2, 0) is 4.79 Å². The molecule has 0 aliphatic carbocycles. The number of nitrogens with zero attached hydrogens (tertiary/aromatic N) is 1. The standard InChI is InChI=1S/C25H22BrN3O5/c1-2-33-22-14-17(12-13-21(22)34-25(32)18-8-4-3-5-9-18)15-28-29-23(30)16-27-24(31)19-10-6-7-11-20(19)26/h3-15H,2,16H2,1H3,(H,27,31)(H,29,30)/b28-15+. The van der Waals surface area contributed by atoms with Gasteiger partial charge in [0.05, 0.1) is 30.5 Å². The van der Waals surface area contributed by atoms with Crippen molar-refractivity contribution in [3.05, 3.63) is 94.0 Å². The van der Waals surface area contributed by atoms with Crippen LogP contribution in [0, 0.1) is 0 Å². The smallest absolute Gasteiger partial charge is 0.343 e. The van der Waals surface area contributed by atoms with Crippen molar-refractivity contribution in [1.29, 1.82) is 0 Å². The molecule has 0 atom stereocenters. The van der Waals surface area contributed by atoms with Gasteiger partial charge >= 0.3 is 5.97 Å². The molecule has 0 saturated carbocycles. The van der Waals surface area contributed by atoms with Crippen LogP contribution in [0.4, 0.5) is 0 Å². The van der Waals surface area contributed by atoms with E-state index in [1.807, 2.05) is 13.0 Å². The fourth-order valence-corrected chi connectivity index (χ4v) is 3.27. The molecule has 3 aromatic carbocycles. The third-order valence-electron chi connectivity index (χ3n) is 4.41. The monoisotopic (exact) mass is 523 g/mol. The summed E-state index contributed by atoms with van der Waals surface area (Å²) in [6, 6.07) is 20.4. The molecular formula is C25H22BrN3O5. The lowest BCUT2D eigenvalue weighted by atomic mass is 10.2. The zero-order chi connectivity index (χ0) is 24.3. The van der Waals surface area contributed by atoms with Gasteiger partial charge in [0.15, 0.2) is 11.5 Å². The zero-order valence-corrected chi connectivity index (χ0v) is 19.9. The number of ether oxygens (including phenoxy) is 2. The Balaban J connectivity index is 1.57. The lowest BCUT2D eigenvalue weighted by Crippen LogP contribution is -2.35. The fraction of sp³-hybridized carbons (Fsp3) is 0.120. The Morgan fingerprint density at radius 3 is 2.44 bits per heavy atom. The molecule has 34 heavy (non-hydrogen) atoms. The van der Waals surface area contributed by atoms with Crippen molar-refractivity contribution in [1.82, 2.24) is 10.7 Å². The van der Waals surface area contributed by atoms with E-state index in [2.05, 4.69) is 31.8 Å². The normalized spacial score (nSPS) is 10.5. The van der Waals surface area contributed by atoms with E-state index in [0.29, 0.717) is 33.5 Å². The summed E-state index contributed by atoms with van der Waals surface area (Å²) in [5, 5.41) is 6.43. The number of esters is 1. The number of carbonyl (C=O) groups is 3. The summed E-state index contributed by atoms with van der Waals surface area (Å²) in [7, 11) is 0. The van der Waals surface area contributed by atoms with Crippen LogP contribution in [-0.4, -0.2) is 37.1 Å². The molecule has 0 heterocycles. The van der Waals surface area contributed by atoms with Crippen LogP contribution < -0.4 is 20.2 Å². The first-order valence-electron chi connectivity index (χ1n) is 10.4. The number of nitrogens with one attached hydrogen (secondary N) is 2. The van der Waals surface area contributed by atoms with E-state index >= 15 is 0 Å². The third kappa shape index (κ3) is 7.01. The van der Waals surface area contributed by atoms with Crippen molar-refractivity contribution in [2.75, 3.05) is 13.2 Å². The number of hydrogen-bond donors (Lipinski definition) is 2. The van der Waals surface area contributed by atoms with E-state index in [-0.39, 0.29) is 18.2 Å². The first-order chi connectivity index (χ1) is 16.5. The summed E-state index contributed by atoms with van der Waals surface area (Å²) in [4.78, 5) is 36.5. The highest BCUT2D eigenvalue weighted by atomic mass is 79.9. The summed E-state index contributed by atoms with van der Waals surface area (Å²) in [5.74, 6) is -0.738. The molecule has 0 saturated heterocycles. The van der Waals surface area contributed by atoms with Gasteiger partial charge in [-0.2, -0.15) is 5.10 Å². The van der Waals surface area contributed by atoms with E-state index < -0.39 is 11.9 Å². The van der Waals surface area contributed by atoms with E-state index in [0.717, 1.165) is 0 Å². The van der Waals surface area contributed by atoms with Gasteiger partial charge in [-0.25, -0.2) is 10.2 Å². The van der Waals surface area contributed by atoms with Crippen LogP contribution in [0.1, 0.15) is 33.2 Å². The molecule has 0 bridgehead atoms. The third-order valence-corrected chi connectivity index (χ3v) is 5.10. The number of amides is 2. The summed E-state index contributed by atoms with van der Waals surface area (Å²) < 4.78 is 11.7. The minimum Gasteiger partial charge on any atom is -0.490 e. The molecule has 2 amide bonds. The van der Waals surface area contributed by atoms with Gasteiger partial charge in [-0.1, -0.05) is 30.3 Å². The van der Waals surface area contributed by atoms with Gasteiger partial charge in [-0.15, -0.1) is 0 Å². The van der Waals surface area contributed by atoms with Gasteiger partial charge in [-0.3, -0.25) is 9.59 Å². The molecule has 3 aromatic rings. The van der Waals surface area contributed by atoms with Crippen molar-refractivity contribution in [2.45, 2.75) is 6.92 Å². The highest BCUT2D eigenvalue weighted by Crippen LogP contribution is 2.29. The Labute approximate surface area is 205 Å². The molecule has 174 valence electrons. The first kappa shape index (κ1) is 24.7. The van der Waals surface area contributed by atoms with E-state index in [9.17, 15) is 14.4 Å². The predicted octanol–water partition coefficient (Wildman–Crippen LogP) is 3.95. The van der Waals surface area contributed by atoms with Gasteiger partial charge in [0, 0.05) is 4.47 Å². The lowest BCUT2D eigenvalue weighted by molar-refractivity contribution is -0.120. The Kier molecular flexibility index (Phi) is 8.93. The van der Waals surface area contributed by atoms with Crippen LogP contribution in [0.3, 0.4) is 0 Å². The molecule has 8 nitrogen and oxygen atoms in total. The molecule has 0 aromatic heterocycles. The van der Waals surface area contributed by atoms with Crippen LogP contribution in [0.5, 0.6) is 11.5 Å². The highest BCUT2D eigenvalue weighted by molar-refractivity contribution is 9.10. The fourth-order valence-electron chi connectivity index (χ4n) is 2.81. The highest BCUT2D eigenvalue weighted by Gasteiger charge is 2.13. The lowest BCUT2D eigenvalue weighted by Gasteiger charge is -2.11. The van der Waals surface area contributed by atoms with Gasteiger partial charge in [0.25, 0.3) is 11.8 Å². The first-order valence-corrected chi connectivity index (χ1v) is 11.2. The van der Waals surface area contributed by atoms with Crippen LogP contribution in [0.25, 0.3) is 0 Å². The number of benzene rings is 3. The molecule has 0 spiro atoms. The molecule has 2 N–H and O–H groups in total. The average molecular weight is 524 g/mol. The average Bonchev–Trinajstić information content (AvgIpc) is 2.85. The van der Waals surface area contributed by atoms with Crippen molar-refractivity contribution in [3.8, 4) is 11.5 Å². The van der Waals surface area contributed by atoms with Gasteiger partial charge in [0.2, 0.25) is 0 Å². The Morgan fingerprint density at radius 2 is 1.71 bits per heavy atom. The molecular weight excluding hydrogens is 502 g/mol. The maximum atomic E-state index is 12.3. The summed E-state index contributed by atoms with van der Waals surface area (Å²) in [5.41, 5.74) is 3.81. The zero-order valence-electron chi connectivity index (χ0n) is 18.3. The number of hydrogen-bond acceptors (Lipinski definition) is 6. The van der Waals surface area contributed by atoms with Crippen molar-refractivity contribution in [2.24, 2.45) is 5.10 Å². The second kappa shape index (κ2) is 12.3. The molecule has 0 aliphatic heterocycles. The maximum Gasteiger partial charge on any atom is 0.343 e. The van der Waals surface area contributed by atoms with Crippen LogP contribution in [0.2, 0.25) is 0 Å². The largest absolute Gasteiger partial charge is 0.490 e. The van der Waals surface area contributed by atoms with Crippen LogP contribution in [0.15, 0.2) is 82.4 Å². The summed E-state index contributed by atoms with van der Waals surface area (Å²) >= 11 is 3.30. The summed E-state index contributed by atoms with van der Waals surface area (Å²) in [6.45, 7) is 1.94. The van der Waals surface area contributed by atoms with E-state index in [4.69, 9.17) is 9.47 Å². The predicted molar refractivity (Wildman–Crippen MR) is 131 cm³/mol. The molecule has 0 aliphatic rings. The summed E-state index contributed by atoms with van der Waals surface area (Å²) in [6.07, 6.45) is 1.42. The Bertz CT molecular complexity index is 1200. The van der Waals surface area contributed by atoms with Crippen molar-refractivity contribution < 1.29 is 23.9 Å². The second-order valence-electron chi connectivity index (χ2n) is 6.85. The number of carbonyl (C=O) groups excluding carboxylic acids is 3. The van der Waals surface area contributed by atoms with Crippen molar-refractivity contribution in [3.63, 3.8) is 0 Å². The molecule has 0 fully saturated rings. The number of hydrazone groups is 1.